The summed E-state index contributed by atoms with van der Waals surface area (Å²) in [5.74, 6) is 1.52. The van der Waals surface area contributed by atoms with E-state index in [4.69, 9.17) is 0 Å². The molecule has 0 fully saturated rings. The minimum absolute atomic E-state index is 0.490. The molecule has 2 N–H and O–H groups in total. The highest BCUT2D eigenvalue weighted by Crippen LogP contribution is 2.33. The predicted octanol–water partition coefficient (Wildman–Crippen LogP) is 2.71. The molecule has 94 valence electrons. The third-order valence-electron chi connectivity index (χ3n) is 3.71. The van der Waals surface area contributed by atoms with Crippen LogP contribution in [0.4, 0.5) is 5.69 Å². The maximum absolute atomic E-state index is 4.63. The molecule has 0 radical (unpaired) electrons. The standard InChI is InChI=1S/C15H14N4/c1-2-4-12-11(3-1)10(8-17-12)7-15-18-13-5-6-16-9-14(13)19-15/h1-6,9-10,17H,7-8H2,(H,18,19). The Kier molecular flexibility index (Phi) is 2.27. The van der Waals surface area contributed by atoms with E-state index in [-0.39, 0.29) is 0 Å². The molecule has 0 saturated carbocycles. The normalized spacial score (nSPS) is 17.4. The van der Waals surface area contributed by atoms with Crippen molar-refractivity contribution in [1.29, 1.82) is 0 Å². The fourth-order valence-corrected chi connectivity index (χ4v) is 2.78. The first-order valence-electron chi connectivity index (χ1n) is 6.51. The molecule has 0 spiro atoms. The minimum Gasteiger partial charge on any atom is -0.384 e. The Bertz CT molecular complexity index is 699. The lowest BCUT2D eigenvalue weighted by molar-refractivity contribution is 0.723. The van der Waals surface area contributed by atoms with E-state index in [1.165, 1.54) is 11.3 Å². The van der Waals surface area contributed by atoms with Gasteiger partial charge >= 0.3 is 0 Å². The molecule has 1 unspecified atom stereocenters. The van der Waals surface area contributed by atoms with Crippen molar-refractivity contribution in [3.05, 3.63) is 54.1 Å². The van der Waals surface area contributed by atoms with Gasteiger partial charge in [0.25, 0.3) is 0 Å². The maximum atomic E-state index is 4.63. The molecule has 1 aromatic carbocycles. The fraction of sp³-hybridized carbons (Fsp3) is 0.200. The number of benzene rings is 1. The highest BCUT2D eigenvalue weighted by molar-refractivity contribution is 5.73. The van der Waals surface area contributed by atoms with Crippen LogP contribution in [-0.4, -0.2) is 21.5 Å². The van der Waals surface area contributed by atoms with Gasteiger partial charge in [0.1, 0.15) is 5.82 Å². The number of hydrogen-bond donors (Lipinski definition) is 2. The van der Waals surface area contributed by atoms with Crippen molar-refractivity contribution in [3.63, 3.8) is 0 Å². The van der Waals surface area contributed by atoms with Gasteiger partial charge in [-0.05, 0) is 17.7 Å². The van der Waals surface area contributed by atoms with Gasteiger partial charge in [0, 0.05) is 30.8 Å². The number of H-pyrrole nitrogens is 1. The van der Waals surface area contributed by atoms with Gasteiger partial charge in [0.05, 0.1) is 17.2 Å². The second-order valence-corrected chi connectivity index (χ2v) is 4.95. The summed E-state index contributed by atoms with van der Waals surface area (Å²) in [6, 6.07) is 10.4. The van der Waals surface area contributed by atoms with E-state index in [2.05, 4.69) is 44.5 Å². The van der Waals surface area contributed by atoms with Crippen LogP contribution in [0.25, 0.3) is 11.0 Å². The Morgan fingerprint density at radius 3 is 3.11 bits per heavy atom. The Labute approximate surface area is 110 Å². The SMILES string of the molecule is c1ccc2c(c1)NCC2Cc1nc2ccncc2[nH]1. The van der Waals surface area contributed by atoms with Gasteiger partial charge in [-0.3, -0.25) is 4.98 Å². The van der Waals surface area contributed by atoms with Crippen LogP contribution in [-0.2, 0) is 6.42 Å². The summed E-state index contributed by atoms with van der Waals surface area (Å²) in [5, 5.41) is 3.45. The Balaban J connectivity index is 1.65. The van der Waals surface area contributed by atoms with Crippen LogP contribution < -0.4 is 5.32 Å². The van der Waals surface area contributed by atoms with Gasteiger partial charge in [0.2, 0.25) is 0 Å². The number of hydrogen-bond acceptors (Lipinski definition) is 3. The molecule has 3 heterocycles. The summed E-state index contributed by atoms with van der Waals surface area (Å²) in [5.41, 5.74) is 4.65. The topological polar surface area (TPSA) is 53.6 Å². The van der Waals surface area contributed by atoms with E-state index in [9.17, 15) is 0 Å². The number of nitrogens with zero attached hydrogens (tertiary/aromatic N) is 2. The molecular weight excluding hydrogens is 236 g/mol. The predicted molar refractivity (Wildman–Crippen MR) is 75.3 cm³/mol. The molecule has 0 aliphatic carbocycles. The van der Waals surface area contributed by atoms with Crippen molar-refractivity contribution in [2.75, 3.05) is 11.9 Å². The van der Waals surface area contributed by atoms with Crippen LogP contribution in [0.3, 0.4) is 0 Å². The number of para-hydroxylation sites is 1. The van der Waals surface area contributed by atoms with Crippen LogP contribution in [0.2, 0.25) is 0 Å². The number of rotatable bonds is 2. The second-order valence-electron chi connectivity index (χ2n) is 4.95. The summed E-state index contributed by atoms with van der Waals surface area (Å²) in [7, 11) is 0. The van der Waals surface area contributed by atoms with E-state index in [1.54, 1.807) is 6.20 Å². The smallest absolute Gasteiger partial charge is 0.107 e. The van der Waals surface area contributed by atoms with Gasteiger partial charge < -0.3 is 10.3 Å². The molecule has 0 bridgehead atoms. The molecule has 4 nitrogen and oxygen atoms in total. The molecule has 3 aromatic rings. The van der Waals surface area contributed by atoms with Gasteiger partial charge in [-0.1, -0.05) is 18.2 Å². The molecule has 1 atom stereocenters. The molecule has 2 aromatic heterocycles. The molecule has 1 aliphatic rings. The number of fused-ring (bicyclic) bond motifs is 2. The molecule has 1 aliphatic heterocycles. The van der Waals surface area contributed by atoms with Crippen LogP contribution in [0.15, 0.2) is 42.7 Å². The summed E-state index contributed by atoms with van der Waals surface area (Å²) < 4.78 is 0. The van der Waals surface area contributed by atoms with Crippen molar-refractivity contribution in [3.8, 4) is 0 Å². The zero-order valence-electron chi connectivity index (χ0n) is 10.4. The molecule has 0 saturated heterocycles. The van der Waals surface area contributed by atoms with Crippen molar-refractivity contribution in [1.82, 2.24) is 15.0 Å². The first-order chi connectivity index (χ1) is 9.40. The maximum Gasteiger partial charge on any atom is 0.107 e. The molecule has 4 heteroatoms. The minimum atomic E-state index is 0.490. The number of imidazole rings is 1. The van der Waals surface area contributed by atoms with Gasteiger partial charge in [-0.15, -0.1) is 0 Å². The van der Waals surface area contributed by atoms with Crippen LogP contribution in [0.1, 0.15) is 17.3 Å². The average molecular weight is 250 g/mol. The third kappa shape index (κ3) is 1.76. The summed E-state index contributed by atoms with van der Waals surface area (Å²) in [6.45, 7) is 0.981. The second kappa shape index (κ2) is 4.09. The summed E-state index contributed by atoms with van der Waals surface area (Å²) in [4.78, 5) is 12.1. The number of anilines is 1. The van der Waals surface area contributed by atoms with Crippen LogP contribution in [0.5, 0.6) is 0 Å². The van der Waals surface area contributed by atoms with Crippen molar-refractivity contribution < 1.29 is 0 Å². The number of aromatic amines is 1. The molecule has 4 rings (SSSR count). The molecular formula is C15H14N4. The number of aromatic nitrogens is 3. The van der Waals surface area contributed by atoms with Crippen LogP contribution in [0, 0.1) is 0 Å². The lowest BCUT2D eigenvalue weighted by Crippen LogP contribution is -2.06. The first-order valence-corrected chi connectivity index (χ1v) is 6.51. The van der Waals surface area contributed by atoms with Crippen LogP contribution >= 0.6 is 0 Å². The lowest BCUT2D eigenvalue weighted by Gasteiger charge is -2.07. The zero-order chi connectivity index (χ0) is 12.7. The Morgan fingerprint density at radius 1 is 1.21 bits per heavy atom. The highest BCUT2D eigenvalue weighted by atomic mass is 14.9. The largest absolute Gasteiger partial charge is 0.384 e. The zero-order valence-corrected chi connectivity index (χ0v) is 10.4. The fourth-order valence-electron chi connectivity index (χ4n) is 2.78. The van der Waals surface area contributed by atoms with E-state index in [1.807, 2.05) is 12.3 Å². The van der Waals surface area contributed by atoms with Gasteiger partial charge in [-0.25, -0.2) is 4.98 Å². The van der Waals surface area contributed by atoms with Gasteiger partial charge in [-0.2, -0.15) is 0 Å². The van der Waals surface area contributed by atoms with Crippen molar-refractivity contribution >= 4 is 16.7 Å². The molecule has 19 heavy (non-hydrogen) atoms. The van der Waals surface area contributed by atoms with E-state index in [0.29, 0.717) is 5.92 Å². The van der Waals surface area contributed by atoms with Crippen molar-refractivity contribution in [2.45, 2.75) is 12.3 Å². The monoisotopic (exact) mass is 250 g/mol. The number of nitrogens with one attached hydrogen (secondary N) is 2. The molecule has 0 amide bonds. The van der Waals surface area contributed by atoms with E-state index < -0.39 is 0 Å². The quantitative estimate of drug-likeness (QED) is 0.735. The first kappa shape index (κ1) is 10.6. The lowest BCUT2D eigenvalue weighted by atomic mass is 9.98. The Morgan fingerprint density at radius 2 is 2.16 bits per heavy atom. The summed E-state index contributed by atoms with van der Waals surface area (Å²) >= 11 is 0. The van der Waals surface area contributed by atoms with E-state index >= 15 is 0 Å². The highest BCUT2D eigenvalue weighted by Gasteiger charge is 2.22. The Hall–Kier alpha value is -2.36. The summed E-state index contributed by atoms with van der Waals surface area (Å²) in [6.07, 6.45) is 4.53. The average Bonchev–Trinajstić information content (AvgIpc) is 3.03. The van der Waals surface area contributed by atoms with Crippen molar-refractivity contribution in [2.24, 2.45) is 0 Å². The van der Waals surface area contributed by atoms with Gasteiger partial charge in [0.15, 0.2) is 0 Å². The van der Waals surface area contributed by atoms with E-state index in [0.717, 1.165) is 29.8 Å². The number of pyridine rings is 1. The third-order valence-corrected chi connectivity index (χ3v) is 3.71.